The molecule has 2 aromatic rings. The molecule has 0 aliphatic carbocycles. The summed E-state index contributed by atoms with van der Waals surface area (Å²) in [6.45, 7) is 0. The number of rotatable bonds is 4. The van der Waals surface area contributed by atoms with Crippen LogP contribution in [0.25, 0.3) is 12.2 Å². The number of hydrogen-bond donors (Lipinski definition) is 4. The summed E-state index contributed by atoms with van der Waals surface area (Å²) in [6, 6.07) is 13.8. The molecule has 0 atom stereocenters. The summed E-state index contributed by atoms with van der Waals surface area (Å²) >= 11 is 0. The lowest BCUT2D eigenvalue weighted by atomic mass is 9.79. The van der Waals surface area contributed by atoms with Crippen LogP contribution in [0.5, 0.6) is 0 Å². The van der Waals surface area contributed by atoms with Crippen LogP contribution < -0.4 is 10.9 Å². The highest BCUT2D eigenvalue weighted by atomic mass is 16.4. The van der Waals surface area contributed by atoms with Crippen molar-refractivity contribution in [1.82, 2.24) is 0 Å². The Morgan fingerprint density at radius 3 is 1.40 bits per heavy atom. The summed E-state index contributed by atoms with van der Waals surface area (Å²) in [7, 11) is -2.98. The van der Waals surface area contributed by atoms with Crippen molar-refractivity contribution in [3.05, 3.63) is 59.7 Å². The van der Waals surface area contributed by atoms with Gasteiger partial charge in [0.25, 0.3) is 0 Å². The number of hydrogen-bond acceptors (Lipinski definition) is 4. The van der Waals surface area contributed by atoms with E-state index in [4.69, 9.17) is 20.1 Å². The second-order valence-electron chi connectivity index (χ2n) is 4.42. The normalized spacial score (nSPS) is 10.8. The standard InChI is InChI=1S/C14H14B2O4/c17-15(18)13-5-1-3-11(9-13)7-8-12-4-2-6-14(10-12)16(19)20/h1-10,17-20H/b8-7+. The van der Waals surface area contributed by atoms with Gasteiger partial charge in [-0.3, -0.25) is 0 Å². The second kappa shape index (κ2) is 6.54. The fraction of sp³-hybridized carbons (Fsp3) is 0. The van der Waals surface area contributed by atoms with Crippen molar-refractivity contribution in [2.75, 3.05) is 0 Å². The smallest absolute Gasteiger partial charge is 0.423 e. The van der Waals surface area contributed by atoms with Crippen LogP contribution in [-0.4, -0.2) is 34.3 Å². The first-order valence-corrected chi connectivity index (χ1v) is 6.16. The molecular formula is C14H14B2O4. The summed E-state index contributed by atoms with van der Waals surface area (Å²) in [6.07, 6.45) is 3.63. The maximum atomic E-state index is 9.11. The van der Waals surface area contributed by atoms with Gasteiger partial charge < -0.3 is 20.1 Å². The molecule has 0 spiro atoms. The molecule has 0 unspecified atom stereocenters. The van der Waals surface area contributed by atoms with Crippen LogP contribution in [0.1, 0.15) is 11.1 Å². The van der Waals surface area contributed by atoms with Gasteiger partial charge in [-0.25, -0.2) is 0 Å². The average molecular weight is 268 g/mol. The van der Waals surface area contributed by atoms with Crippen LogP contribution in [0.4, 0.5) is 0 Å². The quantitative estimate of drug-likeness (QED) is 0.433. The van der Waals surface area contributed by atoms with Gasteiger partial charge in [0.1, 0.15) is 0 Å². The molecule has 0 heterocycles. The molecule has 4 N–H and O–H groups in total. The van der Waals surface area contributed by atoms with E-state index in [9.17, 15) is 0 Å². The van der Waals surface area contributed by atoms with Crippen molar-refractivity contribution in [2.45, 2.75) is 0 Å². The van der Waals surface area contributed by atoms with E-state index in [1.807, 2.05) is 24.3 Å². The fourth-order valence-electron chi connectivity index (χ4n) is 1.84. The molecule has 0 amide bonds. The molecule has 2 rings (SSSR count). The van der Waals surface area contributed by atoms with Crippen LogP contribution in [0.3, 0.4) is 0 Å². The van der Waals surface area contributed by atoms with Gasteiger partial charge in [-0.2, -0.15) is 0 Å². The molecular weight excluding hydrogens is 254 g/mol. The van der Waals surface area contributed by atoms with Crippen LogP contribution in [0.15, 0.2) is 48.5 Å². The minimum Gasteiger partial charge on any atom is -0.423 e. The van der Waals surface area contributed by atoms with Gasteiger partial charge in [-0.15, -0.1) is 0 Å². The topological polar surface area (TPSA) is 80.9 Å². The van der Waals surface area contributed by atoms with E-state index in [1.165, 1.54) is 0 Å². The van der Waals surface area contributed by atoms with Gasteiger partial charge in [-0.05, 0) is 22.1 Å². The average Bonchev–Trinajstić information content (AvgIpc) is 2.45. The molecule has 0 saturated carbocycles. The third-order valence-electron chi connectivity index (χ3n) is 2.89. The monoisotopic (exact) mass is 268 g/mol. The first kappa shape index (κ1) is 14.6. The molecule has 0 bridgehead atoms. The SMILES string of the molecule is OB(O)c1cccc(/C=C/c2cccc(B(O)O)c2)c1. The zero-order valence-electron chi connectivity index (χ0n) is 10.7. The summed E-state index contributed by atoms with van der Waals surface area (Å²) in [5.41, 5.74) is 2.49. The molecule has 6 heteroatoms. The molecule has 0 aromatic heterocycles. The maximum absolute atomic E-state index is 9.11. The lowest BCUT2D eigenvalue weighted by Crippen LogP contribution is -2.29. The largest absolute Gasteiger partial charge is 0.488 e. The number of benzene rings is 2. The van der Waals surface area contributed by atoms with Crippen LogP contribution in [0, 0.1) is 0 Å². The van der Waals surface area contributed by atoms with E-state index < -0.39 is 14.2 Å². The molecule has 0 aliphatic rings. The Morgan fingerprint density at radius 2 is 1.05 bits per heavy atom. The van der Waals surface area contributed by atoms with Gasteiger partial charge >= 0.3 is 14.2 Å². The van der Waals surface area contributed by atoms with Crippen molar-refractivity contribution >= 4 is 37.3 Å². The highest BCUT2D eigenvalue weighted by Gasteiger charge is 2.10. The van der Waals surface area contributed by atoms with E-state index >= 15 is 0 Å². The van der Waals surface area contributed by atoms with E-state index in [-0.39, 0.29) is 0 Å². The van der Waals surface area contributed by atoms with Crippen LogP contribution >= 0.6 is 0 Å². The summed E-state index contributed by atoms with van der Waals surface area (Å²) in [4.78, 5) is 0. The highest BCUT2D eigenvalue weighted by molar-refractivity contribution is 6.59. The van der Waals surface area contributed by atoms with Gasteiger partial charge in [0.2, 0.25) is 0 Å². The first-order valence-electron chi connectivity index (χ1n) is 6.16. The minimum atomic E-state index is -1.49. The molecule has 0 aliphatic heterocycles. The Hall–Kier alpha value is -1.85. The third-order valence-corrected chi connectivity index (χ3v) is 2.89. The third kappa shape index (κ3) is 3.82. The molecule has 0 radical (unpaired) electrons. The minimum absolute atomic E-state index is 0.423. The van der Waals surface area contributed by atoms with E-state index in [1.54, 1.807) is 36.4 Å². The summed E-state index contributed by atoms with van der Waals surface area (Å²) in [5.74, 6) is 0. The Morgan fingerprint density at radius 1 is 0.650 bits per heavy atom. The van der Waals surface area contributed by atoms with Crippen molar-refractivity contribution in [3.63, 3.8) is 0 Å². The zero-order chi connectivity index (χ0) is 14.5. The fourth-order valence-corrected chi connectivity index (χ4v) is 1.84. The van der Waals surface area contributed by atoms with Crippen molar-refractivity contribution in [2.24, 2.45) is 0 Å². The van der Waals surface area contributed by atoms with E-state index in [0.29, 0.717) is 10.9 Å². The van der Waals surface area contributed by atoms with Crippen molar-refractivity contribution < 1.29 is 20.1 Å². The molecule has 0 saturated heterocycles. The van der Waals surface area contributed by atoms with Gasteiger partial charge in [0, 0.05) is 0 Å². The predicted molar refractivity (Wildman–Crippen MR) is 81.5 cm³/mol. The zero-order valence-corrected chi connectivity index (χ0v) is 10.7. The van der Waals surface area contributed by atoms with E-state index in [0.717, 1.165) is 11.1 Å². The maximum Gasteiger partial charge on any atom is 0.488 e. The van der Waals surface area contributed by atoms with Gasteiger partial charge in [0.05, 0.1) is 0 Å². The molecule has 20 heavy (non-hydrogen) atoms. The molecule has 0 fully saturated rings. The lowest BCUT2D eigenvalue weighted by molar-refractivity contribution is 0.424. The summed E-state index contributed by atoms with van der Waals surface area (Å²) < 4.78 is 0. The van der Waals surface area contributed by atoms with Crippen molar-refractivity contribution in [3.8, 4) is 0 Å². The lowest BCUT2D eigenvalue weighted by Gasteiger charge is -2.02. The Labute approximate surface area is 117 Å². The van der Waals surface area contributed by atoms with Crippen LogP contribution in [-0.2, 0) is 0 Å². The Balaban J connectivity index is 2.21. The predicted octanol–water partition coefficient (Wildman–Crippen LogP) is -0.783. The van der Waals surface area contributed by atoms with E-state index in [2.05, 4.69) is 0 Å². The molecule has 4 nitrogen and oxygen atoms in total. The Kier molecular flexibility index (Phi) is 4.76. The molecule has 100 valence electrons. The summed E-state index contributed by atoms with van der Waals surface area (Å²) in [5, 5.41) is 36.4. The van der Waals surface area contributed by atoms with Gasteiger partial charge in [-0.1, -0.05) is 60.7 Å². The highest BCUT2D eigenvalue weighted by Crippen LogP contribution is 2.06. The van der Waals surface area contributed by atoms with Gasteiger partial charge in [0.15, 0.2) is 0 Å². The molecule has 2 aromatic carbocycles. The van der Waals surface area contributed by atoms with Crippen LogP contribution in [0.2, 0.25) is 0 Å². The first-order chi connectivity index (χ1) is 9.56. The second-order valence-corrected chi connectivity index (χ2v) is 4.42. The van der Waals surface area contributed by atoms with Crippen molar-refractivity contribution in [1.29, 1.82) is 0 Å². The Bertz CT molecular complexity index is 558.